The fraction of sp³-hybridized carbons (Fsp3) is 0.227. The molecule has 1 fully saturated rings. The van der Waals surface area contributed by atoms with Gasteiger partial charge in [0.05, 0.1) is 6.20 Å². The smallest absolute Gasteiger partial charge is 0.326 e. The predicted octanol–water partition coefficient (Wildman–Crippen LogP) is 0.413. The molecule has 4 aromatic rings. The average molecular weight is 446 g/mol. The molecule has 3 heterocycles. The number of hydrogen-bond donors (Lipinski definition) is 5. The molecule has 0 spiro atoms. The molecule has 1 amide bonds. The molecule has 3 aromatic heterocycles. The van der Waals surface area contributed by atoms with Crippen molar-refractivity contribution in [1.82, 2.24) is 29.9 Å². The molecule has 1 aromatic carbocycles. The van der Waals surface area contributed by atoms with E-state index in [1.165, 1.54) is 12.8 Å². The number of anilines is 2. The second-order valence-corrected chi connectivity index (χ2v) is 7.89. The lowest BCUT2D eigenvalue weighted by atomic mass is 10.2. The third-order valence-electron chi connectivity index (χ3n) is 5.35. The first-order valence-electron chi connectivity index (χ1n) is 10.5. The van der Waals surface area contributed by atoms with Gasteiger partial charge < -0.3 is 20.7 Å². The molecule has 11 nitrogen and oxygen atoms in total. The van der Waals surface area contributed by atoms with Crippen LogP contribution in [0.3, 0.4) is 0 Å². The third kappa shape index (κ3) is 4.33. The molecule has 0 aliphatic heterocycles. The minimum atomic E-state index is -0.512. The first-order valence-corrected chi connectivity index (χ1v) is 10.5. The summed E-state index contributed by atoms with van der Waals surface area (Å²) >= 11 is 0. The molecule has 1 aliphatic carbocycles. The van der Waals surface area contributed by atoms with E-state index in [0.29, 0.717) is 45.9 Å². The molecule has 0 atom stereocenters. The molecule has 5 N–H and O–H groups in total. The highest BCUT2D eigenvalue weighted by atomic mass is 16.3. The number of H-pyrrole nitrogens is 2. The average Bonchev–Trinajstić information content (AvgIpc) is 3.47. The Labute approximate surface area is 186 Å². The van der Waals surface area contributed by atoms with E-state index in [4.69, 9.17) is 4.99 Å². The first-order chi connectivity index (χ1) is 16.0. The maximum atomic E-state index is 12.0. The van der Waals surface area contributed by atoms with Gasteiger partial charge in [0.1, 0.15) is 11.5 Å². The Kier molecular flexibility index (Phi) is 5.13. The van der Waals surface area contributed by atoms with E-state index in [-0.39, 0.29) is 17.5 Å². The van der Waals surface area contributed by atoms with Crippen LogP contribution in [0.25, 0.3) is 11.7 Å². The topological polar surface area (TPSA) is 153 Å². The second-order valence-electron chi connectivity index (χ2n) is 7.89. The number of fused-ring (bicyclic) bond motifs is 1. The zero-order valence-corrected chi connectivity index (χ0v) is 17.8. The van der Waals surface area contributed by atoms with Gasteiger partial charge >= 0.3 is 5.69 Å². The highest BCUT2D eigenvalue weighted by Gasteiger charge is 2.20. The third-order valence-corrected chi connectivity index (χ3v) is 5.35. The molecule has 0 saturated heterocycles. The van der Waals surface area contributed by atoms with Gasteiger partial charge in [-0.25, -0.2) is 9.78 Å². The predicted molar refractivity (Wildman–Crippen MR) is 121 cm³/mol. The van der Waals surface area contributed by atoms with Gasteiger partial charge in [-0.05, 0) is 43.0 Å². The highest BCUT2D eigenvalue weighted by Crippen LogP contribution is 2.28. The van der Waals surface area contributed by atoms with Gasteiger partial charge in [0.15, 0.2) is 11.1 Å². The van der Waals surface area contributed by atoms with Crippen molar-refractivity contribution in [3.63, 3.8) is 0 Å². The second kappa shape index (κ2) is 8.26. The van der Waals surface area contributed by atoms with Crippen molar-refractivity contribution in [2.75, 3.05) is 18.9 Å². The van der Waals surface area contributed by atoms with E-state index < -0.39 is 5.69 Å². The zero-order valence-electron chi connectivity index (χ0n) is 17.8. The number of nitrogens with zero attached hydrogens (tertiary/aromatic N) is 4. The monoisotopic (exact) mass is 446 g/mol. The first kappa shape index (κ1) is 20.5. The summed E-state index contributed by atoms with van der Waals surface area (Å²) in [5.41, 5.74) is 2.06. The van der Waals surface area contributed by atoms with Gasteiger partial charge in [0.25, 0.3) is 5.91 Å². The van der Waals surface area contributed by atoms with Crippen molar-refractivity contribution in [2.24, 2.45) is 10.9 Å². The minimum absolute atomic E-state index is 0.185. The summed E-state index contributed by atoms with van der Waals surface area (Å²) in [4.78, 5) is 37.7. The Morgan fingerprint density at radius 2 is 2.18 bits per heavy atom. The van der Waals surface area contributed by atoms with Crippen LogP contribution < -0.4 is 27.0 Å². The molecular formula is C22H22N8O3. The number of hydrogen-bond acceptors (Lipinski definition) is 7. The van der Waals surface area contributed by atoms with E-state index in [9.17, 15) is 14.7 Å². The fourth-order valence-electron chi connectivity index (χ4n) is 3.44. The van der Waals surface area contributed by atoms with Gasteiger partial charge in [0.2, 0.25) is 5.88 Å². The number of amides is 1. The van der Waals surface area contributed by atoms with Gasteiger partial charge in [-0.15, -0.1) is 0 Å². The number of imidazole rings is 1. The van der Waals surface area contributed by atoms with Crippen LogP contribution in [-0.2, 0) is 0 Å². The Morgan fingerprint density at radius 3 is 2.91 bits per heavy atom. The van der Waals surface area contributed by atoms with Crippen molar-refractivity contribution >= 4 is 29.1 Å². The van der Waals surface area contributed by atoms with Crippen molar-refractivity contribution in [1.29, 1.82) is 0 Å². The van der Waals surface area contributed by atoms with Crippen LogP contribution in [0.2, 0.25) is 0 Å². The quantitative estimate of drug-likeness (QED) is 0.289. The Balaban J connectivity index is 1.61. The van der Waals surface area contributed by atoms with Gasteiger partial charge in [-0.1, -0.05) is 6.07 Å². The summed E-state index contributed by atoms with van der Waals surface area (Å²) in [7, 11) is 1.58. The molecule has 0 bridgehead atoms. The lowest BCUT2D eigenvalue weighted by Gasteiger charge is -2.08. The lowest BCUT2D eigenvalue weighted by Crippen LogP contribution is -2.20. The summed E-state index contributed by atoms with van der Waals surface area (Å²) in [6, 6.07) is 8.88. The van der Waals surface area contributed by atoms with Crippen LogP contribution in [0.4, 0.5) is 11.5 Å². The Bertz CT molecular complexity index is 1530. The summed E-state index contributed by atoms with van der Waals surface area (Å²) in [5.74, 6) is 0.666. The molecule has 168 valence electrons. The van der Waals surface area contributed by atoms with Crippen molar-refractivity contribution in [3.05, 3.63) is 69.0 Å². The summed E-state index contributed by atoms with van der Waals surface area (Å²) in [6.45, 7) is 0.704. The number of aromatic amines is 2. The minimum Gasteiger partial charge on any atom is -0.493 e. The van der Waals surface area contributed by atoms with Crippen LogP contribution in [0, 0.1) is 5.92 Å². The number of aromatic hydroxyl groups is 1. The van der Waals surface area contributed by atoms with Crippen LogP contribution in [0.1, 0.15) is 28.9 Å². The molecule has 1 saturated carbocycles. The Morgan fingerprint density at radius 1 is 1.33 bits per heavy atom. The maximum Gasteiger partial charge on any atom is 0.326 e. The van der Waals surface area contributed by atoms with Crippen LogP contribution in [0.15, 0.2) is 46.3 Å². The van der Waals surface area contributed by atoms with Crippen LogP contribution in [0.5, 0.6) is 5.88 Å². The number of carbonyl (C=O) groups is 1. The summed E-state index contributed by atoms with van der Waals surface area (Å²) < 4.78 is 1.63. The van der Waals surface area contributed by atoms with E-state index in [1.54, 1.807) is 48.1 Å². The van der Waals surface area contributed by atoms with Crippen LogP contribution in [-0.4, -0.2) is 49.2 Å². The molecule has 11 heteroatoms. The molecular weight excluding hydrogens is 424 g/mol. The largest absolute Gasteiger partial charge is 0.493 e. The Hall–Kier alpha value is -4.41. The van der Waals surface area contributed by atoms with E-state index in [0.717, 1.165) is 0 Å². The van der Waals surface area contributed by atoms with Crippen LogP contribution >= 0.6 is 0 Å². The SMILES string of the molecule is CNC(=O)c1cccc(Nc2cc(=NCC3CC3)n3ncc(=Cc4[nH]c(=O)[nH]c4O)c3n2)c1. The van der Waals surface area contributed by atoms with Gasteiger partial charge in [-0.3, -0.25) is 14.8 Å². The number of carbonyl (C=O) groups excluding carboxylic acids is 1. The van der Waals surface area contributed by atoms with Gasteiger partial charge in [-0.2, -0.15) is 9.61 Å². The molecule has 0 unspecified atom stereocenters. The van der Waals surface area contributed by atoms with E-state index in [1.807, 2.05) is 6.07 Å². The van der Waals surface area contributed by atoms with Crippen molar-refractivity contribution < 1.29 is 9.90 Å². The lowest BCUT2D eigenvalue weighted by molar-refractivity contribution is 0.0963. The normalized spacial score (nSPS) is 14.7. The summed E-state index contributed by atoms with van der Waals surface area (Å²) in [5, 5.41) is 20.8. The standard InChI is InChI=1S/C22H22N8O3/c1-23-20(31)13-3-2-4-15(7-13)26-17-9-18(24-10-12-5-6-12)30-19(28-17)14(11-25-30)8-16-21(32)29-22(33)27-16/h2-4,7-9,11-12,26,32H,5-6,10H2,1H3,(H,23,31)(H2,27,29,33). The number of nitrogens with one attached hydrogen (secondary N) is 4. The van der Waals surface area contributed by atoms with E-state index in [2.05, 4.69) is 30.7 Å². The molecule has 5 rings (SSSR count). The highest BCUT2D eigenvalue weighted by molar-refractivity contribution is 5.95. The molecule has 1 aliphatic rings. The van der Waals surface area contributed by atoms with E-state index >= 15 is 0 Å². The van der Waals surface area contributed by atoms with Crippen molar-refractivity contribution in [3.8, 4) is 5.88 Å². The fourth-order valence-corrected chi connectivity index (χ4v) is 3.44. The number of rotatable bonds is 6. The molecule has 0 radical (unpaired) electrons. The zero-order chi connectivity index (χ0) is 22.9. The number of benzene rings is 1. The number of aromatic nitrogens is 5. The van der Waals surface area contributed by atoms with Gasteiger partial charge in [0, 0.05) is 36.1 Å². The van der Waals surface area contributed by atoms with Crippen molar-refractivity contribution in [2.45, 2.75) is 12.8 Å². The molecule has 33 heavy (non-hydrogen) atoms. The maximum absolute atomic E-state index is 12.0. The summed E-state index contributed by atoms with van der Waals surface area (Å²) in [6.07, 6.45) is 5.53.